The number of benzene rings is 1. The van der Waals surface area contributed by atoms with Gasteiger partial charge >= 0.3 is 0 Å². The Morgan fingerprint density at radius 1 is 1.47 bits per heavy atom. The Morgan fingerprint density at radius 3 is 2.71 bits per heavy atom. The van der Waals surface area contributed by atoms with Crippen molar-refractivity contribution in [1.82, 2.24) is 4.90 Å². The number of aryl methyl sites for hydroxylation is 1. The molecule has 0 amide bonds. The summed E-state index contributed by atoms with van der Waals surface area (Å²) in [5.41, 5.74) is 1.96. The fraction of sp³-hybridized carbons (Fsp3) is 0.538. The molecule has 0 bridgehead atoms. The number of likely N-dealkylation sites (tertiary alicyclic amines) is 1. The van der Waals surface area contributed by atoms with Crippen LogP contribution in [0.15, 0.2) is 18.2 Å². The fourth-order valence-electron chi connectivity index (χ4n) is 2.28. The highest BCUT2D eigenvalue weighted by atomic mass is 16.6. The number of nitrogens with zero attached hydrogens (tertiary/aromatic N) is 1. The van der Waals surface area contributed by atoms with E-state index in [-0.39, 0.29) is 0 Å². The first-order valence-corrected chi connectivity index (χ1v) is 5.97. The molecule has 2 rings (SSSR count). The standard InChI is InChI=1S/C13H20N2O2/c1-3-13(16)8-15(9-13)7-11-4-5-12(17-14)6-10(11)2/h4-6,16H,3,7-9,14H2,1-2H3. The number of hydrogen-bond acceptors (Lipinski definition) is 4. The number of hydrogen-bond donors (Lipinski definition) is 2. The lowest BCUT2D eigenvalue weighted by molar-refractivity contribution is -0.103. The van der Waals surface area contributed by atoms with Crippen molar-refractivity contribution >= 4 is 0 Å². The van der Waals surface area contributed by atoms with Gasteiger partial charge in [0.1, 0.15) is 5.75 Å². The van der Waals surface area contributed by atoms with Crippen molar-refractivity contribution in [2.24, 2.45) is 5.90 Å². The SMILES string of the molecule is CCC1(O)CN(Cc2ccc(ON)cc2C)C1. The third-order valence-electron chi connectivity index (χ3n) is 3.54. The zero-order valence-electron chi connectivity index (χ0n) is 10.4. The van der Waals surface area contributed by atoms with Gasteiger partial charge in [-0.3, -0.25) is 4.90 Å². The van der Waals surface area contributed by atoms with Gasteiger partial charge in [-0.15, -0.1) is 0 Å². The first-order valence-electron chi connectivity index (χ1n) is 5.97. The van der Waals surface area contributed by atoms with E-state index in [0.29, 0.717) is 5.75 Å². The predicted molar refractivity (Wildman–Crippen MR) is 66.5 cm³/mol. The summed E-state index contributed by atoms with van der Waals surface area (Å²) >= 11 is 0. The van der Waals surface area contributed by atoms with E-state index in [1.54, 1.807) is 0 Å². The maximum absolute atomic E-state index is 9.94. The molecule has 4 heteroatoms. The van der Waals surface area contributed by atoms with Crippen molar-refractivity contribution in [3.05, 3.63) is 29.3 Å². The van der Waals surface area contributed by atoms with Crippen molar-refractivity contribution in [1.29, 1.82) is 0 Å². The number of nitrogens with two attached hydrogens (primary N) is 1. The van der Waals surface area contributed by atoms with Gasteiger partial charge in [-0.25, -0.2) is 0 Å². The van der Waals surface area contributed by atoms with E-state index in [0.717, 1.165) is 26.1 Å². The van der Waals surface area contributed by atoms with E-state index < -0.39 is 5.60 Å². The summed E-state index contributed by atoms with van der Waals surface area (Å²) in [7, 11) is 0. The van der Waals surface area contributed by atoms with Crippen LogP contribution in [0.25, 0.3) is 0 Å². The Balaban J connectivity index is 1.97. The van der Waals surface area contributed by atoms with Gasteiger partial charge in [0.2, 0.25) is 0 Å². The second-order valence-electron chi connectivity index (χ2n) is 4.93. The average Bonchev–Trinajstić information content (AvgIpc) is 2.29. The number of β-amino-alcohol motifs (C(OH)–C–C–N with tert-alkyl or cyclic N) is 1. The normalized spacial score (nSPS) is 18.8. The summed E-state index contributed by atoms with van der Waals surface area (Å²) in [6.45, 7) is 6.47. The van der Waals surface area contributed by atoms with Crippen molar-refractivity contribution in [3.63, 3.8) is 0 Å². The monoisotopic (exact) mass is 236 g/mol. The van der Waals surface area contributed by atoms with Crippen LogP contribution in [0.5, 0.6) is 5.75 Å². The van der Waals surface area contributed by atoms with Gasteiger partial charge in [0.15, 0.2) is 0 Å². The van der Waals surface area contributed by atoms with Crippen LogP contribution in [0.2, 0.25) is 0 Å². The molecule has 3 N–H and O–H groups in total. The Labute approximate surface area is 102 Å². The lowest BCUT2D eigenvalue weighted by atomic mass is 9.90. The van der Waals surface area contributed by atoms with E-state index >= 15 is 0 Å². The largest absolute Gasteiger partial charge is 0.412 e. The third-order valence-corrected chi connectivity index (χ3v) is 3.54. The molecule has 0 atom stereocenters. The molecule has 0 aromatic heterocycles. The van der Waals surface area contributed by atoms with Crippen molar-refractivity contribution in [2.45, 2.75) is 32.4 Å². The summed E-state index contributed by atoms with van der Waals surface area (Å²) in [5, 5.41) is 9.94. The van der Waals surface area contributed by atoms with Crippen molar-refractivity contribution in [3.8, 4) is 5.75 Å². The van der Waals surface area contributed by atoms with Crippen molar-refractivity contribution in [2.75, 3.05) is 13.1 Å². The molecule has 0 unspecified atom stereocenters. The lowest BCUT2D eigenvalue weighted by Gasteiger charge is -2.46. The smallest absolute Gasteiger partial charge is 0.147 e. The summed E-state index contributed by atoms with van der Waals surface area (Å²) in [4.78, 5) is 6.94. The second-order valence-corrected chi connectivity index (χ2v) is 4.93. The molecule has 0 spiro atoms. The molecular formula is C13H20N2O2. The van der Waals surface area contributed by atoms with Crippen LogP contribution in [0.3, 0.4) is 0 Å². The van der Waals surface area contributed by atoms with Gasteiger partial charge < -0.3 is 9.94 Å². The van der Waals surface area contributed by atoms with Gasteiger partial charge in [-0.2, -0.15) is 5.90 Å². The molecule has 4 nitrogen and oxygen atoms in total. The van der Waals surface area contributed by atoms with Crippen LogP contribution in [0, 0.1) is 6.92 Å². The Hall–Kier alpha value is -1.10. The Bertz CT molecular complexity index is 400. The van der Waals surface area contributed by atoms with E-state index in [2.05, 4.69) is 4.90 Å². The van der Waals surface area contributed by atoms with Gasteiger partial charge in [-0.1, -0.05) is 13.0 Å². The first kappa shape index (κ1) is 12.4. The molecule has 1 aliphatic heterocycles. The van der Waals surface area contributed by atoms with Crippen LogP contribution in [-0.2, 0) is 6.54 Å². The average molecular weight is 236 g/mol. The highest BCUT2D eigenvalue weighted by Gasteiger charge is 2.39. The summed E-state index contributed by atoms with van der Waals surface area (Å²) in [6.07, 6.45) is 0.822. The molecule has 1 aromatic carbocycles. The van der Waals surface area contributed by atoms with Crippen LogP contribution < -0.4 is 10.7 Å². The minimum Gasteiger partial charge on any atom is -0.412 e. The fourth-order valence-corrected chi connectivity index (χ4v) is 2.28. The maximum Gasteiger partial charge on any atom is 0.147 e. The zero-order chi connectivity index (χ0) is 12.5. The van der Waals surface area contributed by atoms with Crippen molar-refractivity contribution < 1.29 is 9.94 Å². The second kappa shape index (κ2) is 4.64. The van der Waals surface area contributed by atoms with E-state index in [4.69, 9.17) is 10.7 Å². The molecule has 1 aromatic rings. The predicted octanol–water partition coefficient (Wildman–Crippen LogP) is 1.20. The highest BCUT2D eigenvalue weighted by molar-refractivity contribution is 5.34. The highest BCUT2D eigenvalue weighted by Crippen LogP contribution is 2.27. The van der Waals surface area contributed by atoms with E-state index in [1.165, 1.54) is 11.1 Å². The van der Waals surface area contributed by atoms with Crippen LogP contribution in [-0.4, -0.2) is 28.7 Å². The Kier molecular flexibility index (Phi) is 3.38. The topological polar surface area (TPSA) is 58.7 Å². The molecule has 1 saturated heterocycles. The minimum atomic E-state index is -0.464. The van der Waals surface area contributed by atoms with Gasteiger partial charge in [-0.05, 0) is 36.6 Å². The van der Waals surface area contributed by atoms with Crippen LogP contribution in [0.1, 0.15) is 24.5 Å². The molecule has 0 radical (unpaired) electrons. The number of aliphatic hydroxyl groups is 1. The van der Waals surface area contributed by atoms with E-state index in [1.807, 2.05) is 32.0 Å². The van der Waals surface area contributed by atoms with E-state index in [9.17, 15) is 5.11 Å². The van der Waals surface area contributed by atoms with Gasteiger partial charge in [0.05, 0.1) is 5.60 Å². The summed E-state index contributed by atoms with van der Waals surface area (Å²) in [5.74, 6) is 5.80. The molecule has 17 heavy (non-hydrogen) atoms. The molecule has 1 fully saturated rings. The maximum atomic E-state index is 9.94. The van der Waals surface area contributed by atoms with Crippen LogP contribution >= 0.6 is 0 Å². The quantitative estimate of drug-likeness (QED) is 0.771. The summed E-state index contributed by atoms with van der Waals surface area (Å²) in [6, 6.07) is 5.83. The number of rotatable bonds is 4. The molecule has 0 saturated carbocycles. The van der Waals surface area contributed by atoms with Gasteiger partial charge in [0, 0.05) is 19.6 Å². The molecule has 0 aliphatic carbocycles. The molecular weight excluding hydrogens is 216 g/mol. The minimum absolute atomic E-state index is 0.464. The first-order chi connectivity index (χ1) is 8.06. The summed E-state index contributed by atoms with van der Waals surface area (Å²) < 4.78 is 0. The van der Waals surface area contributed by atoms with Gasteiger partial charge in [0.25, 0.3) is 0 Å². The van der Waals surface area contributed by atoms with Crippen LogP contribution in [0.4, 0.5) is 0 Å². The molecule has 1 heterocycles. The lowest BCUT2D eigenvalue weighted by Crippen LogP contribution is -2.60. The zero-order valence-corrected chi connectivity index (χ0v) is 10.4. The molecule has 1 aliphatic rings. The molecule has 94 valence electrons. The third kappa shape index (κ3) is 2.60. The Morgan fingerprint density at radius 2 is 2.18 bits per heavy atom.